The van der Waals surface area contributed by atoms with Crippen LogP contribution in [0.1, 0.15) is 68.8 Å². The molecule has 1 saturated heterocycles. The molecule has 0 bridgehead atoms. The highest BCUT2D eigenvalue weighted by molar-refractivity contribution is 7.89. The predicted octanol–water partition coefficient (Wildman–Crippen LogP) is 2.35. The zero-order chi connectivity index (χ0) is 21.7. The molecule has 30 heavy (non-hydrogen) atoms. The van der Waals surface area contributed by atoms with Crippen molar-refractivity contribution in [2.45, 2.75) is 69.2 Å². The van der Waals surface area contributed by atoms with Gasteiger partial charge in [-0.05, 0) is 37.7 Å². The average molecular weight is 439 g/mol. The summed E-state index contributed by atoms with van der Waals surface area (Å²) in [5.41, 5.74) is 0.263. The summed E-state index contributed by atoms with van der Waals surface area (Å²) >= 11 is 0. The number of aromatic nitrogens is 1. The van der Waals surface area contributed by atoms with Gasteiger partial charge in [0.2, 0.25) is 15.9 Å². The summed E-state index contributed by atoms with van der Waals surface area (Å²) in [6.07, 6.45) is 9.69. The molecule has 0 unspecified atom stereocenters. The number of hydrogen-bond donors (Lipinski definition) is 2. The average Bonchev–Trinajstić information content (AvgIpc) is 3.08. The van der Waals surface area contributed by atoms with Gasteiger partial charge < -0.3 is 15.2 Å². The van der Waals surface area contributed by atoms with Gasteiger partial charge in [0.1, 0.15) is 10.6 Å². The molecule has 0 radical (unpaired) electrons. The van der Waals surface area contributed by atoms with Crippen LogP contribution in [0.15, 0.2) is 17.2 Å². The molecule has 2 N–H and O–H groups in total. The molecule has 1 aromatic heterocycles. The van der Waals surface area contributed by atoms with Crippen LogP contribution in [0.2, 0.25) is 0 Å². The molecule has 0 spiro atoms. The van der Waals surface area contributed by atoms with Crippen LogP contribution in [-0.4, -0.2) is 67.1 Å². The van der Waals surface area contributed by atoms with Crippen molar-refractivity contribution < 1.29 is 18.0 Å². The Labute approximate surface area is 179 Å². The Bertz CT molecular complexity index is 835. The lowest BCUT2D eigenvalue weighted by atomic mass is 9.99. The first kappa shape index (κ1) is 22.8. The standard InChI is InChI=1S/C21H34N4O4S/c1-16-9-11-25(12-10-16)21(27)19-13-18(14-22-19)30(28,29)24(2)15-20(26)23-17-7-5-3-4-6-8-17/h13-14,16-17,22H,3-12,15H2,1-2H3,(H,23,26). The molecular formula is C21H34N4O4S. The minimum Gasteiger partial charge on any atom is -0.356 e. The molecule has 2 amide bonds. The van der Waals surface area contributed by atoms with E-state index in [1.807, 2.05) is 0 Å². The van der Waals surface area contributed by atoms with Crippen molar-refractivity contribution in [2.75, 3.05) is 26.7 Å². The van der Waals surface area contributed by atoms with Crippen molar-refractivity contribution >= 4 is 21.8 Å². The molecule has 2 aliphatic rings. The van der Waals surface area contributed by atoms with E-state index in [-0.39, 0.29) is 35.0 Å². The van der Waals surface area contributed by atoms with Crippen LogP contribution in [0.5, 0.6) is 0 Å². The van der Waals surface area contributed by atoms with E-state index in [1.54, 1.807) is 4.90 Å². The summed E-state index contributed by atoms with van der Waals surface area (Å²) in [5, 5.41) is 2.97. The highest BCUT2D eigenvalue weighted by Gasteiger charge is 2.28. The fourth-order valence-corrected chi connectivity index (χ4v) is 5.31. The lowest BCUT2D eigenvalue weighted by Gasteiger charge is -2.29. The maximum Gasteiger partial charge on any atom is 0.270 e. The molecule has 2 heterocycles. The fourth-order valence-electron chi connectivity index (χ4n) is 4.19. The zero-order valence-electron chi connectivity index (χ0n) is 18.0. The first-order valence-corrected chi connectivity index (χ1v) is 12.4. The number of piperidine rings is 1. The molecule has 0 aromatic carbocycles. The Morgan fingerprint density at radius 2 is 1.77 bits per heavy atom. The van der Waals surface area contributed by atoms with E-state index in [0.717, 1.165) is 42.8 Å². The molecule has 3 rings (SSSR count). The third-order valence-corrected chi connectivity index (χ3v) is 8.03. The summed E-state index contributed by atoms with van der Waals surface area (Å²) in [7, 11) is -2.47. The van der Waals surface area contributed by atoms with Crippen LogP contribution < -0.4 is 5.32 Å². The van der Waals surface area contributed by atoms with Crippen molar-refractivity contribution in [1.29, 1.82) is 0 Å². The van der Waals surface area contributed by atoms with E-state index < -0.39 is 10.0 Å². The van der Waals surface area contributed by atoms with Gasteiger partial charge in [0, 0.05) is 32.4 Å². The van der Waals surface area contributed by atoms with Crippen LogP contribution in [0.3, 0.4) is 0 Å². The van der Waals surface area contributed by atoms with E-state index in [1.165, 1.54) is 32.2 Å². The Kier molecular flexibility index (Phi) is 7.57. The zero-order valence-corrected chi connectivity index (χ0v) is 18.8. The summed E-state index contributed by atoms with van der Waals surface area (Å²) in [5.74, 6) is 0.130. The molecule has 8 nitrogen and oxygen atoms in total. The van der Waals surface area contributed by atoms with E-state index in [2.05, 4.69) is 17.2 Å². The molecule has 2 fully saturated rings. The van der Waals surface area contributed by atoms with Gasteiger partial charge in [0.15, 0.2) is 0 Å². The second kappa shape index (κ2) is 9.96. The van der Waals surface area contributed by atoms with Crippen LogP contribution in [0.25, 0.3) is 0 Å². The second-order valence-corrected chi connectivity index (χ2v) is 10.8. The van der Waals surface area contributed by atoms with E-state index in [0.29, 0.717) is 19.0 Å². The quantitative estimate of drug-likeness (QED) is 0.666. The van der Waals surface area contributed by atoms with Gasteiger partial charge in [-0.2, -0.15) is 4.31 Å². The van der Waals surface area contributed by atoms with Gasteiger partial charge in [0.25, 0.3) is 5.91 Å². The number of hydrogen-bond acceptors (Lipinski definition) is 4. The summed E-state index contributed by atoms with van der Waals surface area (Å²) < 4.78 is 26.8. The molecule has 1 saturated carbocycles. The number of H-pyrrole nitrogens is 1. The summed E-state index contributed by atoms with van der Waals surface area (Å²) in [6, 6.07) is 1.50. The lowest BCUT2D eigenvalue weighted by molar-refractivity contribution is -0.121. The second-order valence-electron chi connectivity index (χ2n) is 8.74. The minimum absolute atomic E-state index is 0.000920. The highest BCUT2D eigenvalue weighted by Crippen LogP contribution is 2.21. The van der Waals surface area contributed by atoms with Gasteiger partial charge in [-0.3, -0.25) is 9.59 Å². The van der Waals surface area contributed by atoms with Gasteiger partial charge in [-0.15, -0.1) is 0 Å². The number of likely N-dealkylation sites (N-methyl/N-ethyl adjacent to an activating group) is 1. The topological polar surface area (TPSA) is 103 Å². The first-order valence-electron chi connectivity index (χ1n) is 11.0. The maximum atomic E-state index is 12.9. The third kappa shape index (κ3) is 5.63. The van der Waals surface area contributed by atoms with Crippen molar-refractivity contribution in [3.05, 3.63) is 18.0 Å². The molecule has 168 valence electrons. The molecule has 1 aliphatic heterocycles. The number of nitrogens with zero attached hydrogens (tertiary/aromatic N) is 2. The van der Waals surface area contributed by atoms with Gasteiger partial charge in [-0.1, -0.05) is 32.6 Å². The Hall–Kier alpha value is -1.87. The summed E-state index contributed by atoms with van der Waals surface area (Å²) in [4.78, 5) is 29.6. The molecule has 1 aliphatic carbocycles. The number of carbonyl (C=O) groups is 2. The van der Waals surface area contributed by atoms with Crippen molar-refractivity contribution in [1.82, 2.24) is 19.5 Å². The molecule has 1 aromatic rings. The van der Waals surface area contributed by atoms with Crippen molar-refractivity contribution in [3.8, 4) is 0 Å². The predicted molar refractivity (Wildman–Crippen MR) is 115 cm³/mol. The van der Waals surface area contributed by atoms with Crippen LogP contribution in [0, 0.1) is 5.92 Å². The number of sulfonamides is 1. The van der Waals surface area contributed by atoms with E-state index in [9.17, 15) is 18.0 Å². The molecule has 0 atom stereocenters. The molecular weight excluding hydrogens is 404 g/mol. The number of nitrogens with one attached hydrogen (secondary N) is 2. The highest BCUT2D eigenvalue weighted by atomic mass is 32.2. The number of carbonyl (C=O) groups excluding carboxylic acids is 2. The normalized spacial score (nSPS) is 19.6. The smallest absolute Gasteiger partial charge is 0.270 e. The van der Waals surface area contributed by atoms with Crippen LogP contribution >= 0.6 is 0 Å². The number of aromatic amines is 1. The third-order valence-electron chi connectivity index (χ3n) is 6.25. The van der Waals surface area contributed by atoms with E-state index in [4.69, 9.17) is 0 Å². The van der Waals surface area contributed by atoms with Gasteiger partial charge >= 0.3 is 0 Å². The van der Waals surface area contributed by atoms with Crippen LogP contribution in [-0.2, 0) is 14.8 Å². The number of amides is 2. The minimum atomic E-state index is -3.86. The Balaban J connectivity index is 1.59. The largest absolute Gasteiger partial charge is 0.356 e. The lowest BCUT2D eigenvalue weighted by Crippen LogP contribution is -2.42. The SMILES string of the molecule is CC1CCN(C(=O)c2cc(S(=O)(=O)N(C)CC(=O)NC3CCCCCC3)c[nH]2)CC1. The number of likely N-dealkylation sites (tertiary alicyclic amines) is 1. The van der Waals surface area contributed by atoms with Crippen molar-refractivity contribution in [3.63, 3.8) is 0 Å². The van der Waals surface area contributed by atoms with Gasteiger partial charge in [-0.25, -0.2) is 8.42 Å². The monoisotopic (exact) mass is 438 g/mol. The Morgan fingerprint density at radius 3 is 2.40 bits per heavy atom. The maximum absolute atomic E-state index is 12.9. The first-order chi connectivity index (χ1) is 14.3. The van der Waals surface area contributed by atoms with Gasteiger partial charge in [0.05, 0.1) is 6.54 Å². The summed E-state index contributed by atoms with van der Waals surface area (Å²) in [6.45, 7) is 3.30. The van der Waals surface area contributed by atoms with E-state index >= 15 is 0 Å². The van der Waals surface area contributed by atoms with Crippen LogP contribution in [0.4, 0.5) is 0 Å². The number of rotatable bonds is 6. The Morgan fingerprint density at radius 1 is 1.13 bits per heavy atom. The fraction of sp³-hybridized carbons (Fsp3) is 0.714. The van der Waals surface area contributed by atoms with Crippen molar-refractivity contribution in [2.24, 2.45) is 5.92 Å². The molecule has 9 heteroatoms.